The summed E-state index contributed by atoms with van der Waals surface area (Å²) < 4.78 is 11.6. The predicted molar refractivity (Wildman–Crippen MR) is 104 cm³/mol. The van der Waals surface area contributed by atoms with E-state index in [2.05, 4.69) is 23.3 Å². The zero-order chi connectivity index (χ0) is 18.6. The Hall–Kier alpha value is -1.95. The first-order chi connectivity index (χ1) is 13.2. The molecule has 1 aromatic carbocycles. The largest absolute Gasteiger partial charge is 0.486 e. The summed E-state index contributed by atoms with van der Waals surface area (Å²) in [6.07, 6.45) is 7.24. The van der Waals surface area contributed by atoms with Gasteiger partial charge in [-0.3, -0.25) is 0 Å². The monoisotopic (exact) mass is 373 g/mol. The van der Waals surface area contributed by atoms with Crippen molar-refractivity contribution >= 4 is 6.03 Å². The van der Waals surface area contributed by atoms with Gasteiger partial charge < -0.3 is 24.6 Å². The summed E-state index contributed by atoms with van der Waals surface area (Å²) in [5.41, 5.74) is 1.07. The van der Waals surface area contributed by atoms with Gasteiger partial charge in [0.05, 0.1) is 6.04 Å². The van der Waals surface area contributed by atoms with E-state index in [0.29, 0.717) is 25.8 Å². The maximum atomic E-state index is 12.8. The Labute approximate surface area is 161 Å². The molecule has 1 unspecified atom stereocenters. The topological polar surface area (TPSA) is 54.0 Å². The lowest BCUT2D eigenvalue weighted by Crippen LogP contribution is -2.43. The first kappa shape index (κ1) is 18.4. The number of urea groups is 1. The summed E-state index contributed by atoms with van der Waals surface area (Å²) in [7, 11) is 2.17. The minimum Gasteiger partial charge on any atom is -0.486 e. The fourth-order valence-electron chi connectivity index (χ4n) is 4.66. The first-order valence-corrected chi connectivity index (χ1v) is 10.4. The van der Waals surface area contributed by atoms with Crippen LogP contribution in [0.25, 0.3) is 0 Å². The number of benzene rings is 1. The molecule has 1 saturated carbocycles. The predicted octanol–water partition coefficient (Wildman–Crippen LogP) is 3.18. The highest BCUT2D eigenvalue weighted by Gasteiger charge is 2.33. The quantitative estimate of drug-likeness (QED) is 0.861. The molecule has 3 aliphatic rings. The Morgan fingerprint density at radius 3 is 2.85 bits per heavy atom. The molecule has 27 heavy (non-hydrogen) atoms. The van der Waals surface area contributed by atoms with Gasteiger partial charge in [-0.15, -0.1) is 0 Å². The minimum atomic E-state index is 0.0339. The third kappa shape index (κ3) is 4.00. The van der Waals surface area contributed by atoms with Crippen molar-refractivity contribution in [1.29, 1.82) is 0 Å². The van der Waals surface area contributed by atoms with E-state index in [0.717, 1.165) is 43.0 Å². The number of likely N-dealkylation sites (N-methyl/N-ethyl adjacent to an activating group) is 1. The van der Waals surface area contributed by atoms with E-state index >= 15 is 0 Å². The van der Waals surface area contributed by atoms with Crippen molar-refractivity contribution in [2.24, 2.45) is 0 Å². The number of hydrogen-bond acceptors (Lipinski definition) is 4. The normalized spacial score (nSPS) is 22.4. The molecule has 0 aromatic heterocycles. The van der Waals surface area contributed by atoms with E-state index in [9.17, 15) is 4.79 Å². The van der Waals surface area contributed by atoms with Crippen molar-refractivity contribution in [1.82, 2.24) is 15.1 Å². The number of nitrogens with one attached hydrogen (secondary N) is 1. The molecule has 6 heteroatoms. The number of fused-ring (bicyclic) bond motifs is 1. The van der Waals surface area contributed by atoms with Crippen LogP contribution in [0, 0.1) is 0 Å². The molecule has 1 saturated heterocycles. The van der Waals surface area contributed by atoms with Crippen molar-refractivity contribution in [3.8, 4) is 11.5 Å². The highest BCUT2D eigenvalue weighted by molar-refractivity contribution is 5.75. The maximum Gasteiger partial charge on any atom is 0.317 e. The van der Waals surface area contributed by atoms with Gasteiger partial charge in [-0.25, -0.2) is 4.79 Å². The Balaban J connectivity index is 1.36. The van der Waals surface area contributed by atoms with Gasteiger partial charge in [-0.1, -0.05) is 25.0 Å². The lowest BCUT2D eigenvalue weighted by Gasteiger charge is -2.29. The molecule has 2 amide bonds. The van der Waals surface area contributed by atoms with Crippen LogP contribution in [0.4, 0.5) is 4.79 Å². The molecule has 4 rings (SSSR count). The van der Waals surface area contributed by atoms with Crippen molar-refractivity contribution < 1.29 is 14.3 Å². The van der Waals surface area contributed by atoms with E-state index in [1.807, 2.05) is 17.0 Å². The van der Waals surface area contributed by atoms with Gasteiger partial charge in [0, 0.05) is 31.2 Å². The van der Waals surface area contributed by atoms with Gasteiger partial charge >= 0.3 is 6.03 Å². The lowest BCUT2D eigenvalue weighted by molar-refractivity contribution is 0.163. The molecule has 2 aliphatic heterocycles. The SMILES string of the molecule is CN(CCNC(=O)N1CCCC1c1cccc2c1OCCO2)C1CCCC1. The second-order valence-electron chi connectivity index (χ2n) is 7.87. The van der Waals surface area contributed by atoms with Crippen LogP contribution in [0.15, 0.2) is 18.2 Å². The highest BCUT2D eigenvalue weighted by Crippen LogP contribution is 2.42. The van der Waals surface area contributed by atoms with Crippen molar-refractivity contribution in [3.63, 3.8) is 0 Å². The standard InChI is InChI=1S/C21H31N3O3/c1-23(16-6-2-3-7-16)13-11-22-21(25)24-12-5-9-18(24)17-8-4-10-19-20(17)27-15-14-26-19/h4,8,10,16,18H,2-3,5-7,9,11-15H2,1H3,(H,22,25). The fraction of sp³-hybridized carbons (Fsp3) is 0.667. The number of carbonyl (C=O) groups excluding carboxylic acids is 1. The number of para-hydroxylation sites is 1. The Bertz CT molecular complexity index is 660. The average Bonchev–Trinajstić information content (AvgIpc) is 3.39. The average molecular weight is 373 g/mol. The molecular formula is C21H31N3O3. The second kappa shape index (κ2) is 8.38. The van der Waals surface area contributed by atoms with Crippen molar-refractivity contribution in [2.75, 3.05) is 39.9 Å². The zero-order valence-corrected chi connectivity index (χ0v) is 16.3. The summed E-state index contributed by atoms with van der Waals surface area (Å²) in [6.45, 7) is 3.55. The van der Waals surface area contributed by atoms with Crippen LogP contribution in [0.1, 0.15) is 50.1 Å². The van der Waals surface area contributed by atoms with Crippen LogP contribution >= 0.6 is 0 Å². The number of ether oxygens (including phenoxy) is 2. The van der Waals surface area contributed by atoms with E-state index in [1.165, 1.54) is 25.7 Å². The number of nitrogens with zero attached hydrogens (tertiary/aromatic N) is 2. The third-order valence-electron chi connectivity index (χ3n) is 6.16. The summed E-state index contributed by atoms with van der Waals surface area (Å²) in [6, 6.07) is 6.79. The molecule has 1 atom stereocenters. The van der Waals surface area contributed by atoms with Crippen LogP contribution < -0.4 is 14.8 Å². The van der Waals surface area contributed by atoms with E-state index in [-0.39, 0.29) is 12.1 Å². The number of likely N-dealkylation sites (tertiary alicyclic amines) is 1. The number of hydrogen-bond donors (Lipinski definition) is 1. The van der Waals surface area contributed by atoms with Gasteiger partial charge in [-0.2, -0.15) is 0 Å². The van der Waals surface area contributed by atoms with Crippen LogP contribution in [0.2, 0.25) is 0 Å². The summed E-state index contributed by atoms with van der Waals surface area (Å²) >= 11 is 0. The molecule has 2 heterocycles. The molecule has 148 valence electrons. The van der Waals surface area contributed by atoms with E-state index < -0.39 is 0 Å². The van der Waals surface area contributed by atoms with E-state index in [1.54, 1.807) is 0 Å². The van der Waals surface area contributed by atoms with Gasteiger partial charge in [0.2, 0.25) is 0 Å². The van der Waals surface area contributed by atoms with Crippen LogP contribution in [-0.2, 0) is 0 Å². The highest BCUT2D eigenvalue weighted by atomic mass is 16.6. The number of amides is 2. The summed E-state index contributed by atoms with van der Waals surface area (Å²) in [5.74, 6) is 1.61. The van der Waals surface area contributed by atoms with Gasteiger partial charge in [0.1, 0.15) is 13.2 Å². The van der Waals surface area contributed by atoms with Crippen molar-refractivity contribution in [3.05, 3.63) is 23.8 Å². The Morgan fingerprint density at radius 2 is 2.00 bits per heavy atom. The first-order valence-electron chi connectivity index (χ1n) is 10.4. The Morgan fingerprint density at radius 1 is 1.19 bits per heavy atom. The second-order valence-corrected chi connectivity index (χ2v) is 7.87. The molecular weight excluding hydrogens is 342 g/mol. The molecule has 6 nitrogen and oxygen atoms in total. The van der Waals surface area contributed by atoms with Gasteiger partial charge in [-0.05, 0) is 38.8 Å². The molecule has 0 radical (unpaired) electrons. The summed E-state index contributed by atoms with van der Waals surface area (Å²) in [4.78, 5) is 17.2. The molecule has 2 fully saturated rings. The fourth-order valence-corrected chi connectivity index (χ4v) is 4.66. The molecule has 1 N–H and O–H groups in total. The molecule has 0 spiro atoms. The van der Waals surface area contributed by atoms with Gasteiger partial charge in [0.25, 0.3) is 0 Å². The number of rotatable bonds is 5. The van der Waals surface area contributed by atoms with Crippen molar-refractivity contribution in [2.45, 2.75) is 50.6 Å². The maximum absolute atomic E-state index is 12.8. The third-order valence-corrected chi connectivity index (χ3v) is 6.16. The number of carbonyl (C=O) groups is 1. The smallest absolute Gasteiger partial charge is 0.317 e. The van der Waals surface area contributed by atoms with Crippen LogP contribution in [0.3, 0.4) is 0 Å². The molecule has 1 aromatic rings. The Kier molecular flexibility index (Phi) is 5.72. The zero-order valence-electron chi connectivity index (χ0n) is 16.3. The summed E-state index contributed by atoms with van der Waals surface area (Å²) in [5, 5.41) is 3.13. The minimum absolute atomic E-state index is 0.0339. The van der Waals surface area contributed by atoms with Crippen LogP contribution in [0.5, 0.6) is 11.5 Å². The molecule has 1 aliphatic carbocycles. The lowest BCUT2D eigenvalue weighted by atomic mass is 10.0. The van der Waals surface area contributed by atoms with E-state index in [4.69, 9.17) is 9.47 Å². The molecule has 0 bridgehead atoms. The van der Waals surface area contributed by atoms with Gasteiger partial charge in [0.15, 0.2) is 11.5 Å². The van der Waals surface area contributed by atoms with Crippen LogP contribution in [-0.4, -0.2) is 61.8 Å².